The van der Waals surface area contributed by atoms with Gasteiger partial charge in [0.1, 0.15) is 12.6 Å². The highest BCUT2D eigenvalue weighted by atomic mass is 16.5. The molecule has 0 aliphatic heterocycles. The lowest BCUT2D eigenvalue weighted by atomic mass is 9.98. The summed E-state index contributed by atoms with van der Waals surface area (Å²) in [7, 11) is 0. The van der Waals surface area contributed by atoms with E-state index in [0.717, 1.165) is 33.4 Å². The largest absolute Gasteiger partial charge is 0.481 e. The molecule has 40 heavy (non-hydrogen) atoms. The number of hydrogen-bond donors (Lipinski definition) is 3. The molecule has 1 aliphatic rings. The van der Waals surface area contributed by atoms with Crippen LogP contribution in [0.25, 0.3) is 11.1 Å². The number of aromatic nitrogens is 2. The number of carboxylic acid groups (broad SMARTS) is 1. The molecule has 204 valence electrons. The molecule has 9 nitrogen and oxygen atoms in total. The van der Waals surface area contributed by atoms with E-state index >= 15 is 0 Å². The van der Waals surface area contributed by atoms with Crippen LogP contribution in [0.1, 0.15) is 34.6 Å². The number of nitrogens with one attached hydrogen (secondary N) is 2. The van der Waals surface area contributed by atoms with Gasteiger partial charge in [-0.25, -0.2) is 4.79 Å². The molecule has 1 atom stereocenters. The van der Waals surface area contributed by atoms with Crippen molar-refractivity contribution in [3.05, 3.63) is 114 Å². The van der Waals surface area contributed by atoms with Crippen molar-refractivity contribution in [2.45, 2.75) is 31.3 Å². The fourth-order valence-corrected chi connectivity index (χ4v) is 5.01. The zero-order valence-corrected chi connectivity index (χ0v) is 21.8. The molecule has 9 heteroatoms. The number of rotatable bonds is 11. The Morgan fingerprint density at radius 1 is 0.900 bits per heavy atom. The highest BCUT2D eigenvalue weighted by molar-refractivity contribution is 5.89. The Kier molecular flexibility index (Phi) is 8.20. The number of benzene rings is 3. The van der Waals surface area contributed by atoms with Crippen molar-refractivity contribution in [3.8, 4) is 11.1 Å². The first kappa shape index (κ1) is 26.7. The summed E-state index contributed by atoms with van der Waals surface area (Å²) in [6.45, 7) is 0.963. The summed E-state index contributed by atoms with van der Waals surface area (Å²) in [6.07, 6.45) is 2.74. The summed E-state index contributed by atoms with van der Waals surface area (Å²) in [6, 6.07) is 24.6. The van der Waals surface area contributed by atoms with Crippen LogP contribution in [0.5, 0.6) is 0 Å². The van der Waals surface area contributed by atoms with E-state index in [1.807, 2.05) is 89.7 Å². The zero-order valence-electron chi connectivity index (χ0n) is 21.8. The van der Waals surface area contributed by atoms with E-state index in [2.05, 4.69) is 15.7 Å². The highest BCUT2D eigenvalue weighted by Crippen LogP contribution is 2.44. The lowest BCUT2D eigenvalue weighted by molar-refractivity contribution is -0.139. The number of hydrogen-bond acceptors (Lipinski definition) is 5. The van der Waals surface area contributed by atoms with Gasteiger partial charge in [0.05, 0.1) is 19.2 Å². The molecular weight excluding hydrogens is 508 g/mol. The highest BCUT2D eigenvalue weighted by Gasteiger charge is 2.30. The minimum Gasteiger partial charge on any atom is -0.481 e. The summed E-state index contributed by atoms with van der Waals surface area (Å²) >= 11 is 0. The van der Waals surface area contributed by atoms with Gasteiger partial charge in [0.25, 0.3) is 0 Å². The number of alkyl carbamates (subject to hydrolysis) is 1. The molecule has 0 fully saturated rings. The third kappa shape index (κ3) is 6.37. The Morgan fingerprint density at radius 3 is 2.23 bits per heavy atom. The minimum atomic E-state index is -1.27. The molecule has 3 N–H and O–H groups in total. The summed E-state index contributed by atoms with van der Waals surface area (Å²) in [5.41, 5.74) is 6.37. The van der Waals surface area contributed by atoms with Crippen LogP contribution in [-0.2, 0) is 27.3 Å². The molecule has 4 aromatic rings. The van der Waals surface area contributed by atoms with Gasteiger partial charge in [0.15, 0.2) is 0 Å². The maximum atomic E-state index is 12.8. The summed E-state index contributed by atoms with van der Waals surface area (Å²) in [4.78, 5) is 36.8. The van der Waals surface area contributed by atoms with Gasteiger partial charge in [0, 0.05) is 18.7 Å². The van der Waals surface area contributed by atoms with Crippen molar-refractivity contribution in [2.24, 2.45) is 0 Å². The van der Waals surface area contributed by atoms with Crippen molar-refractivity contribution in [2.75, 3.05) is 13.2 Å². The van der Waals surface area contributed by atoms with E-state index < -0.39 is 30.4 Å². The van der Waals surface area contributed by atoms with Crippen LogP contribution in [0.4, 0.5) is 4.79 Å². The number of amides is 2. The Hall–Kier alpha value is -4.92. The van der Waals surface area contributed by atoms with Gasteiger partial charge in [-0.1, -0.05) is 78.9 Å². The number of carbonyl (C=O) groups is 3. The van der Waals surface area contributed by atoms with Gasteiger partial charge in [-0.2, -0.15) is 5.10 Å². The van der Waals surface area contributed by atoms with E-state index in [0.29, 0.717) is 13.0 Å². The minimum absolute atomic E-state index is 0.0637. The van der Waals surface area contributed by atoms with E-state index in [4.69, 9.17) is 4.74 Å². The smallest absolute Gasteiger partial charge is 0.407 e. The van der Waals surface area contributed by atoms with Gasteiger partial charge in [-0.05, 0) is 39.8 Å². The first-order valence-corrected chi connectivity index (χ1v) is 13.1. The van der Waals surface area contributed by atoms with Crippen molar-refractivity contribution >= 4 is 18.0 Å². The van der Waals surface area contributed by atoms with Crippen molar-refractivity contribution in [1.29, 1.82) is 0 Å². The molecule has 3 aromatic carbocycles. The third-order valence-electron chi connectivity index (χ3n) is 6.92. The SMILES string of the molecule is O=C(O)CC(NC(=O)OCC1c2ccccc2-c2ccccc21)C(=O)NCCc1cnn(Cc2ccccc2)c1. The van der Waals surface area contributed by atoms with Gasteiger partial charge in [-0.3, -0.25) is 14.3 Å². The molecule has 0 saturated carbocycles. The first-order valence-electron chi connectivity index (χ1n) is 13.1. The number of carboxylic acids is 1. The van der Waals surface area contributed by atoms with Crippen LogP contribution in [-0.4, -0.2) is 52.1 Å². The molecule has 0 spiro atoms. The van der Waals surface area contributed by atoms with Crippen LogP contribution < -0.4 is 10.6 Å². The molecular formula is C31H30N4O5. The summed E-state index contributed by atoms with van der Waals surface area (Å²) in [5.74, 6) is -1.94. The number of carbonyl (C=O) groups excluding carboxylic acids is 2. The van der Waals surface area contributed by atoms with Crippen molar-refractivity contribution in [1.82, 2.24) is 20.4 Å². The molecule has 5 rings (SSSR count). The second-order valence-electron chi connectivity index (χ2n) is 9.69. The topological polar surface area (TPSA) is 123 Å². The second kappa shape index (κ2) is 12.3. The van der Waals surface area contributed by atoms with Gasteiger partial charge in [-0.15, -0.1) is 0 Å². The average molecular weight is 539 g/mol. The van der Waals surface area contributed by atoms with Crippen LogP contribution in [0.15, 0.2) is 91.3 Å². The van der Waals surface area contributed by atoms with Gasteiger partial charge in [0.2, 0.25) is 5.91 Å². The van der Waals surface area contributed by atoms with Crippen molar-refractivity contribution in [3.63, 3.8) is 0 Å². The summed E-state index contributed by atoms with van der Waals surface area (Å²) < 4.78 is 7.31. The monoisotopic (exact) mass is 538 g/mol. The predicted octanol–water partition coefficient (Wildman–Crippen LogP) is 3.97. The van der Waals surface area contributed by atoms with Crippen LogP contribution in [0, 0.1) is 0 Å². The Balaban J connectivity index is 1.13. The lowest BCUT2D eigenvalue weighted by Gasteiger charge is -2.18. The predicted molar refractivity (Wildman–Crippen MR) is 149 cm³/mol. The Bertz CT molecular complexity index is 1450. The van der Waals surface area contributed by atoms with E-state index in [-0.39, 0.29) is 19.1 Å². The third-order valence-corrected chi connectivity index (χ3v) is 6.92. The van der Waals surface area contributed by atoms with Crippen LogP contribution in [0.2, 0.25) is 0 Å². The molecule has 0 bridgehead atoms. The van der Waals surface area contributed by atoms with E-state index in [1.165, 1.54) is 0 Å². The number of ether oxygens (including phenoxy) is 1. The van der Waals surface area contributed by atoms with E-state index in [1.54, 1.807) is 6.20 Å². The molecule has 0 radical (unpaired) electrons. The number of fused-ring (bicyclic) bond motifs is 3. The molecule has 1 aliphatic carbocycles. The fourth-order valence-electron chi connectivity index (χ4n) is 5.01. The second-order valence-corrected chi connectivity index (χ2v) is 9.69. The maximum Gasteiger partial charge on any atom is 0.407 e. The quantitative estimate of drug-likeness (QED) is 0.266. The number of nitrogens with zero attached hydrogens (tertiary/aromatic N) is 2. The van der Waals surface area contributed by atoms with Crippen LogP contribution >= 0.6 is 0 Å². The molecule has 1 heterocycles. The Labute approximate surface area is 231 Å². The van der Waals surface area contributed by atoms with Gasteiger partial charge >= 0.3 is 12.1 Å². The molecule has 0 saturated heterocycles. The first-order chi connectivity index (χ1) is 19.5. The number of aliphatic carboxylic acids is 1. The molecule has 2 amide bonds. The van der Waals surface area contributed by atoms with Crippen molar-refractivity contribution < 1.29 is 24.2 Å². The standard InChI is InChI=1S/C31H30N4O5/c36-29(37)16-28(30(38)32-15-14-22-17-33-35(19-22)18-21-8-2-1-3-9-21)34-31(39)40-20-27-25-12-6-4-10-23(25)24-11-5-7-13-26(24)27/h1-13,17,19,27-28H,14-16,18,20H2,(H,32,38)(H,34,39)(H,36,37). The average Bonchev–Trinajstić information content (AvgIpc) is 3.53. The Morgan fingerprint density at radius 2 is 1.55 bits per heavy atom. The normalized spacial score (nSPS) is 12.7. The van der Waals surface area contributed by atoms with Gasteiger partial charge < -0.3 is 20.5 Å². The fraction of sp³-hybridized carbons (Fsp3) is 0.226. The summed E-state index contributed by atoms with van der Waals surface area (Å²) in [5, 5.41) is 18.8. The lowest BCUT2D eigenvalue weighted by Crippen LogP contribution is -2.48. The zero-order chi connectivity index (χ0) is 27.9. The molecule has 1 aromatic heterocycles. The maximum absolute atomic E-state index is 12.8. The van der Waals surface area contributed by atoms with E-state index in [9.17, 15) is 19.5 Å². The molecule has 1 unspecified atom stereocenters. The van der Waals surface area contributed by atoms with Crippen LogP contribution in [0.3, 0.4) is 0 Å².